The molecule has 15 heavy (non-hydrogen) atoms. The van der Waals surface area contributed by atoms with Crippen LogP contribution in [0.1, 0.15) is 17.2 Å². The smallest absolute Gasteiger partial charge is 0.124 e. The minimum Gasteiger partial charge on any atom is -0.389 e. The highest BCUT2D eigenvalue weighted by atomic mass is 79.9. The van der Waals surface area contributed by atoms with Crippen molar-refractivity contribution in [1.29, 1.82) is 5.26 Å². The summed E-state index contributed by atoms with van der Waals surface area (Å²) >= 11 is 3.01. The van der Waals surface area contributed by atoms with Gasteiger partial charge in [-0.15, -0.1) is 0 Å². The summed E-state index contributed by atoms with van der Waals surface area (Å²) in [6.45, 7) is 0. The lowest BCUT2D eigenvalue weighted by molar-refractivity contribution is 0.0340. The minimum absolute atomic E-state index is 0.0301. The van der Waals surface area contributed by atoms with Crippen LogP contribution in [0.3, 0.4) is 0 Å². The van der Waals surface area contributed by atoms with Crippen molar-refractivity contribution in [2.45, 2.75) is 12.2 Å². The van der Waals surface area contributed by atoms with Gasteiger partial charge in [0, 0.05) is 10.9 Å². The Morgan fingerprint density at radius 1 is 1.47 bits per heavy atom. The van der Waals surface area contributed by atoms with Gasteiger partial charge in [-0.3, -0.25) is 0 Å². The molecule has 80 valence electrons. The molecular formula is C10H9BrFNO2. The van der Waals surface area contributed by atoms with Gasteiger partial charge >= 0.3 is 0 Å². The van der Waals surface area contributed by atoms with Gasteiger partial charge in [0.1, 0.15) is 11.9 Å². The molecule has 0 spiro atoms. The molecule has 0 amide bonds. The van der Waals surface area contributed by atoms with Crippen molar-refractivity contribution in [2.24, 2.45) is 0 Å². The number of nitriles is 1. The van der Waals surface area contributed by atoms with Gasteiger partial charge < -0.3 is 10.2 Å². The van der Waals surface area contributed by atoms with Crippen LogP contribution in [0.2, 0.25) is 0 Å². The zero-order valence-corrected chi connectivity index (χ0v) is 9.28. The second-order valence-electron chi connectivity index (χ2n) is 3.01. The molecule has 0 aliphatic heterocycles. The lowest BCUT2D eigenvalue weighted by Crippen LogP contribution is -2.20. The maximum Gasteiger partial charge on any atom is 0.124 e. The fraction of sp³-hybridized carbons (Fsp3) is 0.300. The van der Waals surface area contributed by atoms with Crippen molar-refractivity contribution < 1.29 is 14.6 Å². The summed E-state index contributed by atoms with van der Waals surface area (Å²) < 4.78 is 12.8. The predicted molar refractivity (Wildman–Crippen MR) is 55.9 cm³/mol. The fourth-order valence-electron chi connectivity index (χ4n) is 1.17. The van der Waals surface area contributed by atoms with Gasteiger partial charge in [-0.25, -0.2) is 4.39 Å². The molecule has 0 bridgehead atoms. The molecule has 0 heterocycles. The Hall–Kier alpha value is -0.960. The van der Waals surface area contributed by atoms with Crippen LogP contribution in [0.25, 0.3) is 0 Å². The number of nitrogens with zero attached hydrogens (tertiary/aromatic N) is 1. The molecule has 2 atom stereocenters. The van der Waals surface area contributed by atoms with Gasteiger partial charge in [0.15, 0.2) is 0 Å². The lowest BCUT2D eigenvalue weighted by Gasteiger charge is -2.16. The first-order chi connectivity index (χ1) is 7.10. The van der Waals surface area contributed by atoms with Crippen molar-refractivity contribution in [3.63, 3.8) is 0 Å². The quantitative estimate of drug-likeness (QED) is 0.821. The minimum atomic E-state index is -1.19. The summed E-state index contributed by atoms with van der Waals surface area (Å²) in [5, 5.41) is 27.9. The van der Waals surface area contributed by atoms with Gasteiger partial charge in [0.05, 0.1) is 17.7 Å². The maximum absolute atomic E-state index is 12.8. The molecule has 0 radical (unpaired) electrons. The van der Waals surface area contributed by atoms with Crippen molar-refractivity contribution >= 4 is 15.9 Å². The molecule has 5 heteroatoms. The van der Waals surface area contributed by atoms with Crippen LogP contribution in [-0.2, 0) is 0 Å². The number of hydrogen-bond donors (Lipinski definition) is 2. The summed E-state index contributed by atoms with van der Waals surface area (Å²) in [7, 11) is 0. The van der Waals surface area contributed by atoms with E-state index in [0.29, 0.717) is 0 Å². The van der Waals surface area contributed by atoms with Crippen LogP contribution in [0.5, 0.6) is 0 Å². The SMILES string of the molecule is N#Cc1cc(F)ccc1C(O)C(O)CBr. The molecule has 1 aromatic carbocycles. The Kier molecular flexibility index (Phi) is 4.21. The number of aliphatic hydroxyl groups excluding tert-OH is 2. The molecule has 0 saturated heterocycles. The van der Waals surface area contributed by atoms with E-state index >= 15 is 0 Å². The average Bonchev–Trinajstić information content (AvgIpc) is 2.26. The largest absolute Gasteiger partial charge is 0.389 e. The molecule has 0 fully saturated rings. The number of rotatable bonds is 3. The van der Waals surface area contributed by atoms with E-state index in [1.165, 1.54) is 6.07 Å². The third-order valence-corrected chi connectivity index (χ3v) is 2.64. The molecular weight excluding hydrogens is 265 g/mol. The Balaban J connectivity index is 3.09. The fourth-order valence-corrected chi connectivity index (χ4v) is 1.53. The molecule has 0 saturated carbocycles. The van der Waals surface area contributed by atoms with Gasteiger partial charge in [0.2, 0.25) is 0 Å². The number of hydrogen-bond acceptors (Lipinski definition) is 3. The van der Waals surface area contributed by atoms with Crippen molar-refractivity contribution in [2.75, 3.05) is 5.33 Å². The molecule has 0 aliphatic carbocycles. The van der Waals surface area contributed by atoms with Gasteiger partial charge in [0.25, 0.3) is 0 Å². The molecule has 2 N–H and O–H groups in total. The summed E-state index contributed by atoms with van der Waals surface area (Å²) in [5.74, 6) is -0.546. The van der Waals surface area contributed by atoms with E-state index in [2.05, 4.69) is 15.9 Å². The van der Waals surface area contributed by atoms with Crippen LogP contribution in [0, 0.1) is 17.1 Å². The van der Waals surface area contributed by atoms with E-state index in [1.54, 1.807) is 6.07 Å². The van der Waals surface area contributed by atoms with Crippen LogP contribution in [0.15, 0.2) is 18.2 Å². The van der Waals surface area contributed by atoms with E-state index in [-0.39, 0.29) is 16.5 Å². The molecule has 1 rings (SSSR count). The van der Waals surface area contributed by atoms with Crippen molar-refractivity contribution in [3.05, 3.63) is 35.1 Å². The molecule has 3 nitrogen and oxygen atoms in total. The van der Waals surface area contributed by atoms with E-state index in [9.17, 15) is 14.6 Å². The first-order valence-electron chi connectivity index (χ1n) is 4.21. The number of halogens is 2. The third-order valence-electron chi connectivity index (χ3n) is 1.98. The van der Waals surface area contributed by atoms with Crippen LogP contribution in [-0.4, -0.2) is 21.6 Å². The Morgan fingerprint density at radius 2 is 2.13 bits per heavy atom. The number of aliphatic hydroxyl groups is 2. The van der Waals surface area contributed by atoms with E-state index < -0.39 is 18.0 Å². The van der Waals surface area contributed by atoms with Gasteiger partial charge in [-0.05, 0) is 12.1 Å². The topological polar surface area (TPSA) is 64.2 Å². The van der Waals surface area contributed by atoms with E-state index in [0.717, 1.165) is 12.1 Å². The predicted octanol–water partition coefficient (Wildman–Crippen LogP) is 1.49. The van der Waals surface area contributed by atoms with Gasteiger partial charge in [-0.1, -0.05) is 22.0 Å². The van der Waals surface area contributed by atoms with Crippen LogP contribution in [0.4, 0.5) is 4.39 Å². The highest BCUT2D eigenvalue weighted by molar-refractivity contribution is 9.09. The molecule has 2 unspecified atom stereocenters. The Morgan fingerprint density at radius 3 is 2.67 bits per heavy atom. The zero-order chi connectivity index (χ0) is 11.4. The second-order valence-corrected chi connectivity index (χ2v) is 3.66. The number of benzene rings is 1. The van der Waals surface area contributed by atoms with E-state index in [1.807, 2.05) is 0 Å². The normalized spacial score (nSPS) is 14.3. The second kappa shape index (κ2) is 5.21. The summed E-state index contributed by atoms with van der Waals surface area (Å²) in [6.07, 6.45) is -2.22. The maximum atomic E-state index is 12.8. The number of alkyl halides is 1. The third kappa shape index (κ3) is 2.75. The Labute approximate surface area is 94.9 Å². The molecule has 1 aromatic rings. The molecule has 0 aliphatic rings. The van der Waals surface area contributed by atoms with E-state index in [4.69, 9.17) is 5.26 Å². The zero-order valence-electron chi connectivity index (χ0n) is 7.69. The summed E-state index contributed by atoms with van der Waals surface area (Å²) in [4.78, 5) is 0. The molecule has 0 aromatic heterocycles. The summed E-state index contributed by atoms with van der Waals surface area (Å²) in [6, 6.07) is 5.23. The van der Waals surface area contributed by atoms with Crippen molar-refractivity contribution in [3.8, 4) is 6.07 Å². The van der Waals surface area contributed by atoms with Crippen LogP contribution >= 0.6 is 15.9 Å². The monoisotopic (exact) mass is 273 g/mol. The standard InChI is InChI=1S/C10H9BrFNO2/c11-4-9(14)10(15)8-2-1-7(12)3-6(8)5-13/h1-3,9-10,14-15H,4H2. The first-order valence-corrected chi connectivity index (χ1v) is 5.34. The Bertz CT molecular complexity index is 391. The highest BCUT2D eigenvalue weighted by Crippen LogP contribution is 2.22. The lowest BCUT2D eigenvalue weighted by atomic mass is 10.00. The van der Waals surface area contributed by atoms with Gasteiger partial charge in [-0.2, -0.15) is 5.26 Å². The van der Waals surface area contributed by atoms with Crippen LogP contribution < -0.4 is 0 Å². The highest BCUT2D eigenvalue weighted by Gasteiger charge is 2.20. The average molecular weight is 274 g/mol. The van der Waals surface area contributed by atoms with Crippen molar-refractivity contribution in [1.82, 2.24) is 0 Å². The summed E-state index contributed by atoms with van der Waals surface area (Å²) in [5.41, 5.74) is 0.258. The first kappa shape index (κ1) is 12.1.